The molecule has 0 saturated heterocycles. The largest absolute Gasteiger partial charge is 0.343 e. The summed E-state index contributed by atoms with van der Waals surface area (Å²) in [5.74, 6) is 1.29. The van der Waals surface area contributed by atoms with Crippen LogP contribution in [0.3, 0.4) is 0 Å². The molecule has 2 heterocycles. The fraction of sp³-hybridized carbons (Fsp3) is 0.318. The Morgan fingerprint density at radius 2 is 1.85 bits per heavy atom. The normalized spacial score (nSPS) is 12.1. The first kappa shape index (κ1) is 23.3. The minimum atomic E-state index is -3.54. The molecular weight excluding hydrogens is 460 g/mol. The number of aromatic nitrogens is 5. The fourth-order valence-corrected chi connectivity index (χ4v) is 5.46. The Balaban J connectivity index is 1.57. The predicted octanol–water partition coefficient (Wildman–Crippen LogP) is 2.73. The van der Waals surface area contributed by atoms with E-state index < -0.39 is 10.0 Å². The Kier molecular flexibility index (Phi) is 6.73. The van der Waals surface area contributed by atoms with Crippen molar-refractivity contribution in [2.45, 2.75) is 42.2 Å². The molecule has 4 aromatic rings. The molecule has 11 heteroatoms. The molecule has 9 nitrogen and oxygen atoms in total. The van der Waals surface area contributed by atoms with Gasteiger partial charge in [0.15, 0.2) is 5.16 Å². The molecule has 0 radical (unpaired) electrons. The highest BCUT2D eigenvalue weighted by Crippen LogP contribution is 2.26. The quantitative estimate of drug-likeness (QED) is 0.365. The van der Waals surface area contributed by atoms with Gasteiger partial charge in [0.25, 0.3) is 0 Å². The molecule has 0 amide bonds. The van der Waals surface area contributed by atoms with E-state index in [1.165, 1.54) is 30.2 Å². The highest BCUT2D eigenvalue weighted by molar-refractivity contribution is 7.98. The number of sulfonamides is 1. The third kappa shape index (κ3) is 4.75. The molecule has 0 aliphatic heterocycles. The Labute approximate surface area is 196 Å². The minimum Gasteiger partial charge on any atom is -0.328 e. The molecule has 1 N–H and O–H groups in total. The van der Waals surface area contributed by atoms with Crippen LogP contribution in [0.1, 0.15) is 18.3 Å². The molecular formula is C22H26N6O3S2. The third-order valence-corrected chi connectivity index (χ3v) is 8.20. The van der Waals surface area contributed by atoms with Crippen LogP contribution in [0.25, 0.3) is 11.0 Å². The second-order valence-corrected chi connectivity index (χ2v) is 10.8. The van der Waals surface area contributed by atoms with Gasteiger partial charge in [-0.25, -0.2) is 27.6 Å². The monoisotopic (exact) mass is 486 g/mol. The van der Waals surface area contributed by atoms with Crippen molar-refractivity contribution < 1.29 is 8.42 Å². The molecule has 0 unspecified atom stereocenters. The number of H-pyrrole nitrogens is 1. The summed E-state index contributed by atoms with van der Waals surface area (Å²) in [4.78, 5) is 17.2. The van der Waals surface area contributed by atoms with Gasteiger partial charge in [-0.15, -0.1) is 5.10 Å². The van der Waals surface area contributed by atoms with Crippen molar-refractivity contribution in [3.8, 4) is 0 Å². The Morgan fingerprint density at radius 1 is 1.09 bits per heavy atom. The Hall–Kier alpha value is -2.89. The van der Waals surface area contributed by atoms with Crippen molar-refractivity contribution >= 4 is 32.8 Å². The number of fused-ring (bicyclic) bond motifs is 1. The summed E-state index contributed by atoms with van der Waals surface area (Å²) in [5, 5.41) is 7.32. The van der Waals surface area contributed by atoms with Crippen LogP contribution in [0.5, 0.6) is 0 Å². The van der Waals surface area contributed by atoms with Crippen molar-refractivity contribution in [1.29, 1.82) is 0 Å². The van der Waals surface area contributed by atoms with Crippen LogP contribution in [0.15, 0.2) is 63.4 Å². The van der Waals surface area contributed by atoms with E-state index in [1.54, 1.807) is 22.8 Å². The second kappa shape index (κ2) is 9.54. The summed E-state index contributed by atoms with van der Waals surface area (Å²) in [6.45, 7) is 3.23. The van der Waals surface area contributed by atoms with Crippen molar-refractivity contribution in [3.05, 3.63) is 70.4 Å². The van der Waals surface area contributed by atoms with Crippen molar-refractivity contribution in [1.82, 2.24) is 28.6 Å². The smallest absolute Gasteiger partial charge is 0.328 e. The summed E-state index contributed by atoms with van der Waals surface area (Å²) in [7, 11) is -0.525. The minimum absolute atomic E-state index is 0.210. The maximum Gasteiger partial charge on any atom is 0.343 e. The summed E-state index contributed by atoms with van der Waals surface area (Å²) in [5.41, 5.74) is 2.40. The van der Waals surface area contributed by atoms with Gasteiger partial charge < -0.3 is 4.57 Å². The number of aryl methyl sites for hydroxylation is 2. The number of nitrogens with zero attached hydrogens (tertiary/aromatic N) is 5. The summed E-state index contributed by atoms with van der Waals surface area (Å²) >= 11 is 1.43. The van der Waals surface area contributed by atoms with Crippen molar-refractivity contribution in [2.75, 3.05) is 14.1 Å². The lowest BCUT2D eigenvalue weighted by Crippen LogP contribution is -2.22. The Morgan fingerprint density at radius 3 is 2.55 bits per heavy atom. The van der Waals surface area contributed by atoms with E-state index in [4.69, 9.17) is 4.98 Å². The molecule has 174 valence electrons. The van der Waals surface area contributed by atoms with Gasteiger partial charge in [-0.3, -0.25) is 4.57 Å². The zero-order chi connectivity index (χ0) is 23.6. The zero-order valence-electron chi connectivity index (χ0n) is 18.7. The van der Waals surface area contributed by atoms with E-state index in [2.05, 4.69) is 10.2 Å². The first-order valence-corrected chi connectivity index (χ1v) is 13.0. The van der Waals surface area contributed by atoms with E-state index in [-0.39, 0.29) is 10.6 Å². The number of hydrogen-bond donors (Lipinski definition) is 1. The lowest BCUT2D eigenvalue weighted by atomic mass is 10.1. The first-order chi connectivity index (χ1) is 15.8. The van der Waals surface area contributed by atoms with Crippen LogP contribution in [-0.4, -0.2) is 51.1 Å². The highest BCUT2D eigenvalue weighted by Gasteiger charge is 2.20. The molecule has 0 aliphatic rings. The van der Waals surface area contributed by atoms with Gasteiger partial charge in [-0.2, -0.15) is 0 Å². The van der Waals surface area contributed by atoms with Gasteiger partial charge in [0.2, 0.25) is 10.0 Å². The van der Waals surface area contributed by atoms with Gasteiger partial charge in [0.05, 0.1) is 21.7 Å². The summed E-state index contributed by atoms with van der Waals surface area (Å²) < 4.78 is 29.9. The zero-order valence-corrected chi connectivity index (χ0v) is 20.4. The number of rotatable bonds is 9. The van der Waals surface area contributed by atoms with Gasteiger partial charge in [-0.1, -0.05) is 42.1 Å². The molecule has 0 saturated carbocycles. The molecule has 4 rings (SSSR count). The molecule has 0 atom stereocenters. The molecule has 0 bridgehead atoms. The number of benzene rings is 2. The fourth-order valence-electron chi connectivity index (χ4n) is 3.62. The van der Waals surface area contributed by atoms with Crippen LogP contribution in [-0.2, 0) is 35.3 Å². The lowest BCUT2D eigenvalue weighted by Gasteiger charge is -2.11. The van der Waals surface area contributed by atoms with Crippen LogP contribution < -0.4 is 5.69 Å². The molecule has 0 spiro atoms. The van der Waals surface area contributed by atoms with Crippen LogP contribution in [0.4, 0.5) is 0 Å². The van der Waals surface area contributed by atoms with Crippen LogP contribution in [0, 0.1) is 0 Å². The van der Waals surface area contributed by atoms with E-state index in [0.29, 0.717) is 29.5 Å². The summed E-state index contributed by atoms with van der Waals surface area (Å²) in [6, 6.07) is 15.0. The van der Waals surface area contributed by atoms with Gasteiger partial charge in [-0.05, 0) is 37.1 Å². The van der Waals surface area contributed by atoms with Crippen molar-refractivity contribution in [2.24, 2.45) is 0 Å². The lowest BCUT2D eigenvalue weighted by molar-refractivity contribution is 0.521. The SMILES string of the molecule is CCn1c(CSc2n[nH]c(=O)n2CCc2ccccc2)nc2cc(S(=O)(=O)N(C)C)ccc21. The van der Waals surface area contributed by atoms with E-state index >= 15 is 0 Å². The van der Waals surface area contributed by atoms with Crippen LogP contribution in [0.2, 0.25) is 0 Å². The highest BCUT2D eigenvalue weighted by atomic mass is 32.2. The van der Waals surface area contributed by atoms with Gasteiger partial charge in [0.1, 0.15) is 5.82 Å². The molecule has 33 heavy (non-hydrogen) atoms. The third-order valence-electron chi connectivity index (χ3n) is 5.41. The second-order valence-electron chi connectivity index (χ2n) is 7.70. The molecule has 0 fully saturated rings. The Bertz CT molecular complexity index is 1420. The maximum atomic E-state index is 12.5. The molecule has 0 aliphatic carbocycles. The standard InChI is InChI=1S/C22H26N6O3S2/c1-4-27-19-11-10-17(33(30,31)26(2)3)14-18(19)23-20(27)15-32-22-25-24-21(29)28(22)13-12-16-8-6-5-7-9-16/h5-11,14H,4,12-13,15H2,1-3H3,(H,24,29). The number of nitrogens with one attached hydrogen (secondary N) is 1. The number of thioether (sulfide) groups is 1. The first-order valence-electron chi connectivity index (χ1n) is 10.5. The van der Waals surface area contributed by atoms with Gasteiger partial charge >= 0.3 is 5.69 Å². The molecule has 2 aromatic carbocycles. The van der Waals surface area contributed by atoms with Crippen molar-refractivity contribution in [3.63, 3.8) is 0 Å². The van der Waals surface area contributed by atoms with E-state index in [9.17, 15) is 13.2 Å². The predicted molar refractivity (Wildman–Crippen MR) is 129 cm³/mol. The van der Waals surface area contributed by atoms with E-state index in [0.717, 1.165) is 23.3 Å². The average molecular weight is 487 g/mol. The number of imidazole rings is 1. The number of hydrogen-bond acceptors (Lipinski definition) is 6. The van der Waals surface area contributed by atoms with Crippen LogP contribution >= 0.6 is 11.8 Å². The van der Waals surface area contributed by atoms with E-state index in [1.807, 2.05) is 41.8 Å². The average Bonchev–Trinajstić information content (AvgIpc) is 3.35. The number of aromatic amines is 1. The summed E-state index contributed by atoms with van der Waals surface area (Å²) in [6.07, 6.45) is 0.727. The topological polar surface area (TPSA) is 106 Å². The molecule has 2 aromatic heterocycles. The maximum absolute atomic E-state index is 12.5. The van der Waals surface area contributed by atoms with Gasteiger partial charge in [0, 0.05) is 27.2 Å².